The molecular weight excluding hydrogens is 210 g/mol. The Balaban J connectivity index is 2.02. The standard InChI is InChI=1S/C14H27N3/c1-4-5-6-8-12(2)15-10-7-9-14-11-16-17-13(14)3/h11-12,15H,4-10H2,1-3H3,(H,16,17). The number of nitrogens with one attached hydrogen (secondary N) is 2. The number of nitrogens with zero attached hydrogens (tertiary/aromatic N) is 1. The van der Waals surface area contributed by atoms with E-state index < -0.39 is 0 Å². The zero-order valence-electron chi connectivity index (χ0n) is 11.6. The van der Waals surface area contributed by atoms with E-state index in [1.54, 1.807) is 0 Å². The number of hydrogen-bond acceptors (Lipinski definition) is 2. The Kier molecular flexibility index (Phi) is 6.94. The van der Waals surface area contributed by atoms with Crippen LogP contribution in [0.15, 0.2) is 6.20 Å². The van der Waals surface area contributed by atoms with Gasteiger partial charge in [-0.3, -0.25) is 5.10 Å². The van der Waals surface area contributed by atoms with Crippen molar-refractivity contribution in [3.8, 4) is 0 Å². The van der Waals surface area contributed by atoms with Crippen LogP contribution in [-0.4, -0.2) is 22.8 Å². The smallest absolute Gasteiger partial charge is 0.0522 e. The van der Waals surface area contributed by atoms with Gasteiger partial charge in [0, 0.05) is 11.7 Å². The van der Waals surface area contributed by atoms with E-state index in [2.05, 4.69) is 36.3 Å². The van der Waals surface area contributed by atoms with Gasteiger partial charge in [-0.05, 0) is 45.2 Å². The Labute approximate surface area is 105 Å². The summed E-state index contributed by atoms with van der Waals surface area (Å²) in [6.45, 7) is 7.74. The van der Waals surface area contributed by atoms with Gasteiger partial charge in [-0.1, -0.05) is 26.2 Å². The average Bonchev–Trinajstić information content (AvgIpc) is 2.71. The molecule has 2 N–H and O–H groups in total. The van der Waals surface area contributed by atoms with Gasteiger partial charge in [0.2, 0.25) is 0 Å². The van der Waals surface area contributed by atoms with E-state index in [-0.39, 0.29) is 0 Å². The van der Waals surface area contributed by atoms with Crippen LogP contribution in [0, 0.1) is 6.92 Å². The van der Waals surface area contributed by atoms with Gasteiger partial charge in [0.15, 0.2) is 0 Å². The van der Waals surface area contributed by atoms with Gasteiger partial charge in [0.05, 0.1) is 6.20 Å². The number of rotatable bonds is 9. The Morgan fingerprint density at radius 3 is 2.82 bits per heavy atom. The van der Waals surface area contributed by atoms with Crippen LogP contribution in [0.2, 0.25) is 0 Å². The van der Waals surface area contributed by atoms with Crippen molar-refractivity contribution in [3.05, 3.63) is 17.5 Å². The van der Waals surface area contributed by atoms with Gasteiger partial charge >= 0.3 is 0 Å². The molecule has 1 aromatic heterocycles. The number of unbranched alkanes of at least 4 members (excludes halogenated alkanes) is 2. The summed E-state index contributed by atoms with van der Waals surface area (Å²) in [5.41, 5.74) is 2.56. The van der Waals surface area contributed by atoms with Crippen molar-refractivity contribution in [2.45, 2.75) is 65.3 Å². The molecule has 1 heterocycles. The zero-order chi connectivity index (χ0) is 12.5. The molecule has 1 atom stereocenters. The molecule has 0 amide bonds. The van der Waals surface area contributed by atoms with E-state index in [1.165, 1.54) is 43.4 Å². The van der Waals surface area contributed by atoms with E-state index in [4.69, 9.17) is 0 Å². The van der Waals surface area contributed by atoms with Crippen molar-refractivity contribution in [3.63, 3.8) is 0 Å². The highest BCUT2D eigenvalue weighted by Crippen LogP contribution is 2.06. The third-order valence-corrected chi connectivity index (χ3v) is 3.29. The van der Waals surface area contributed by atoms with Crippen LogP contribution < -0.4 is 5.32 Å². The molecular formula is C14H27N3. The highest BCUT2D eigenvalue weighted by atomic mass is 15.1. The van der Waals surface area contributed by atoms with Crippen molar-refractivity contribution in [1.29, 1.82) is 0 Å². The first-order valence-electron chi connectivity index (χ1n) is 6.96. The van der Waals surface area contributed by atoms with E-state index >= 15 is 0 Å². The molecule has 3 nitrogen and oxygen atoms in total. The van der Waals surface area contributed by atoms with Gasteiger partial charge in [-0.15, -0.1) is 0 Å². The van der Waals surface area contributed by atoms with Crippen LogP contribution >= 0.6 is 0 Å². The van der Waals surface area contributed by atoms with Crippen molar-refractivity contribution in [2.24, 2.45) is 0 Å². The molecule has 3 heteroatoms. The topological polar surface area (TPSA) is 40.7 Å². The van der Waals surface area contributed by atoms with Crippen molar-refractivity contribution in [2.75, 3.05) is 6.54 Å². The molecule has 1 aromatic rings. The van der Waals surface area contributed by atoms with Gasteiger partial charge in [0.1, 0.15) is 0 Å². The molecule has 98 valence electrons. The molecule has 0 fully saturated rings. The predicted octanol–water partition coefficient (Wildman–Crippen LogP) is 3.21. The highest BCUT2D eigenvalue weighted by molar-refractivity contribution is 5.14. The summed E-state index contributed by atoms with van der Waals surface area (Å²) in [5.74, 6) is 0. The normalized spacial score (nSPS) is 12.9. The first kappa shape index (κ1) is 14.2. The minimum atomic E-state index is 0.659. The number of aryl methyl sites for hydroxylation is 2. The van der Waals surface area contributed by atoms with E-state index in [1.807, 2.05) is 6.20 Å². The highest BCUT2D eigenvalue weighted by Gasteiger charge is 2.02. The van der Waals surface area contributed by atoms with Crippen LogP contribution in [0.4, 0.5) is 0 Å². The van der Waals surface area contributed by atoms with Crippen LogP contribution in [0.25, 0.3) is 0 Å². The Bertz CT molecular complexity index is 293. The van der Waals surface area contributed by atoms with Gasteiger partial charge in [0.25, 0.3) is 0 Å². The Hall–Kier alpha value is -0.830. The number of hydrogen-bond donors (Lipinski definition) is 2. The fourth-order valence-electron chi connectivity index (χ4n) is 2.06. The molecule has 0 saturated heterocycles. The lowest BCUT2D eigenvalue weighted by atomic mass is 10.1. The molecule has 1 unspecified atom stereocenters. The maximum absolute atomic E-state index is 4.04. The summed E-state index contributed by atoms with van der Waals surface area (Å²) >= 11 is 0. The molecule has 1 rings (SSSR count). The first-order valence-corrected chi connectivity index (χ1v) is 6.96. The maximum Gasteiger partial charge on any atom is 0.0522 e. The number of aromatic nitrogens is 2. The van der Waals surface area contributed by atoms with Gasteiger partial charge < -0.3 is 5.32 Å². The number of H-pyrrole nitrogens is 1. The summed E-state index contributed by atoms with van der Waals surface area (Å²) in [5, 5.41) is 10.6. The quantitative estimate of drug-likeness (QED) is 0.647. The average molecular weight is 237 g/mol. The van der Waals surface area contributed by atoms with Gasteiger partial charge in [-0.25, -0.2) is 0 Å². The van der Waals surface area contributed by atoms with Gasteiger partial charge in [-0.2, -0.15) is 5.10 Å². The van der Waals surface area contributed by atoms with E-state index in [9.17, 15) is 0 Å². The molecule has 0 aliphatic rings. The van der Waals surface area contributed by atoms with Crippen LogP contribution in [0.5, 0.6) is 0 Å². The number of aromatic amines is 1. The second-order valence-corrected chi connectivity index (χ2v) is 4.97. The SMILES string of the molecule is CCCCCC(C)NCCCc1cn[nH]c1C. The first-order chi connectivity index (χ1) is 8.24. The second-order valence-electron chi connectivity index (χ2n) is 4.97. The monoisotopic (exact) mass is 237 g/mol. The Morgan fingerprint density at radius 2 is 2.18 bits per heavy atom. The molecule has 17 heavy (non-hydrogen) atoms. The van der Waals surface area contributed by atoms with Crippen LogP contribution in [0.1, 0.15) is 57.2 Å². The summed E-state index contributed by atoms with van der Waals surface area (Å²) in [6.07, 6.45) is 9.59. The summed E-state index contributed by atoms with van der Waals surface area (Å²) in [6, 6.07) is 0.659. The molecule has 0 spiro atoms. The summed E-state index contributed by atoms with van der Waals surface area (Å²) in [7, 11) is 0. The lowest BCUT2D eigenvalue weighted by molar-refractivity contribution is 0.482. The lowest BCUT2D eigenvalue weighted by Gasteiger charge is -2.13. The predicted molar refractivity (Wildman–Crippen MR) is 73.3 cm³/mol. The molecule has 0 aliphatic heterocycles. The molecule has 0 radical (unpaired) electrons. The minimum absolute atomic E-state index is 0.659. The molecule has 0 saturated carbocycles. The fourth-order valence-corrected chi connectivity index (χ4v) is 2.06. The Morgan fingerprint density at radius 1 is 1.35 bits per heavy atom. The largest absolute Gasteiger partial charge is 0.314 e. The van der Waals surface area contributed by atoms with E-state index in [0.29, 0.717) is 6.04 Å². The fraction of sp³-hybridized carbons (Fsp3) is 0.786. The third-order valence-electron chi connectivity index (χ3n) is 3.29. The second kappa shape index (κ2) is 8.29. The van der Waals surface area contributed by atoms with Crippen LogP contribution in [-0.2, 0) is 6.42 Å². The zero-order valence-corrected chi connectivity index (χ0v) is 11.6. The van der Waals surface area contributed by atoms with E-state index in [0.717, 1.165) is 13.0 Å². The van der Waals surface area contributed by atoms with Crippen molar-refractivity contribution < 1.29 is 0 Å². The lowest BCUT2D eigenvalue weighted by Crippen LogP contribution is -2.27. The van der Waals surface area contributed by atoms with Crippen LogP contribution in [0.3, 0.4) is 0 Å². The molecule has 0 aromatic carbocycles. The maximum atomic E-state index is 4.04. The molecule has 0 aliphatic carbocycles. The van der Waals surface area contributed by atoms with Crippen molar-refractivity contribution >= 4 is 0 Å². The summed E-state index contributed by atoms with van der Waals surface area (Å²) in [4.78, 5) is 0. The minimum Gasteiger partial charge on any atom is -0.314 e. The molecule has 0 bridgehead atoms. The summed E-state index contributed by atoms with van der Waals surface area (Å²) < 4.78 is 0. The van der Waals surface area contributed by atoms with Crippen molar-refractivity contribution in [1.82, 2.24) is 15.5 Å². The third kappa shape index (κ3) is 5.87.